The number of piperidine rings is 1. The predicted octanol–water partition coefficient (Wildman–Crippen LogP) is 1.07. The van der Waals surface area contributed by atoms with Gasteiger partial charge in [-0.25, -0.2) is 0 Å². The Bertz CT molecular complexity index is 156. The maximum Gasteiger partial charge on any atom is 0.393 e. The average molecular weight is 167 g/mol. The monoisotopic (exact) mass is 167 g/mol. The molecule has 1 aliphatic heterocycles. The van der Waals surface area contributed by atoms with Gasteiger partial charge in [0.1, 0.15) is 0 Å². The van der Waals surface area contributed by atoms with E-state index in [0.717, 1.165) is 0 Å². The van der Waals surface area contributed by atoms with E-state index in [1.807, 2.05) is 0 Å². The Hall–Kier alpha value is -0.740. The summed E-state index contributed by atoms with van der Waals surface area (Å²) in [6.45, 7) is -0.262. The van der Waals surface area contributed by atoms with Crippen molar-refractivity contribution in [1.82, 2.24) is 5.32 Å². The summed E-state index contributed by atoms with van der Waals surface area (Å²) in [4.78, 5) is 10.5. The van der Waals surface area contributed by atoms with Crippen LogP contribution in [0.2, 0.25) is 0 Å². The van der Waals surface area contributed by atoms with Gasteiger partial charge >= 0.3 is 6.18 Å². The summed E-state index contributed by atoms with van der Waals surface area (Å²) >= 11 is 0. The van der Waals surface area contributed by atoms with Crippen LogP contribution in [0.4, 0.5) is 13.2 Å². The van der Waals surface area contributed by atoms with Gasteiger partial charge in [0.15, 0.2) is 0 Å². The highest BCUT2D eigenvalue weighted by Gasteiger charge is 2.41. The minimum absolute atomic E-state index is 0.00975. The molecule has 0 aromatic carbocycles. The van der Waals surface area contributed by atoms with Crippen LogP contribution in [-0.4, -0.2) is 18.6 Å². The van der Waals surface area contributed by atoms with E-state index >= 15 is 0 Å². The van der Waals surface area contributed by atoms with Crippen molar-refractivity contribution in [2.45, 2.75) is 19.0 Å². The molecule has 0 bridgehead atoms. The van der Waals surface area contributed by atoms with E-state index in [-0.39, 0.29) is 25.3 Å². The van der Waals surface area contributed by atoms with Crippen molar-refractivity contribution in [1.29, 1.82) is 0 Å². The molecule has 5 heteroatoms. The van der Waals surface area contributed by atoms with E-state index in [0.29, 0.717) is 0 Å². The molecule has 0 saturated carbocycles. The van der Waals surface area contributed by atoms with E-state index in [1.54, 1.807) is 0 Å². The molecule has 0 spiro atoms. The summed E-state index contributed by atoms with van der Waals surface area (Å²) in [5.74, 6) is -1.63. The summed E-state index contributed by atoms with van der Waals surface area (Å²) in [5, 5.41) is 2.18. The normalized spacial score (nSPS) is 26.5. The first kappa shape index (κ1) is 8.36. The van der Waals surface area contributed by atoms with Crippen LogP contribution < -0.4 is 5.32 Å². The van der Waals surface area contributed by atoms with Crippen molar-refractivity contribution in [2.75, 3.05) is 6.54 Å². The highest BCUT2D eigenvalue weighted by Crippen LogP contribution is 2.30. The number of rotatable bonds is 0. The molecule has 64 valence electrons. The number of halogens is 3. The maximum atomic E-state index is 11.9. The zero-order valence-electron chi connectivity index (χ0n) is 5.74. The second-order valence-corrected chi connectivity index (χ2v) is 2.58. The lowest BCUT2D eigenvalue weighted by Gasteiger charge is -2.24. The summed E-state index contributed by atoms with van der Waals surface area (Å²) in [5.41, 5.74) is 0. The molecule has 1 rings (SSSR count). The lowest BCUT2D eigenvalue weighted by molar-refractivity contribution is -0.179. The first-order valence-corrected chi connectivity index (χ1v) is 3.33. The van der Waals surface area contributed by atoms with E-state index in [4.69, 9.17) is 0 Å². The molecule has 1 heterocycles. The van der Waals surface area contributed by atoms with Crippen molar-refractivity contribution in [3.8, 4) is 0 Å². The summed E-state index contributed by atoms with van der Waals surface area (Å²) in [6, 6.07) is 0. The molecule has 1 atom stereocenters. The molecule has 2 nitrogen and oxygen atoms in total. The lowest BCUT2D eigenvalue weighted by Crippen LogP contribution is -2.41. The minimum Gasteiger partial charge on any atom is -0.355 e. The molecule has 1 saturated heterocycles. The number of alkyl halides is 3. The number of hydrogen-bond acceptors (Lipinski definition) is 1. The molecule has 0 aliphatic carbocycles. The Kier molecular flexibility index (Phi) is 2.06. The third kappa shape index (κ3) is 2.10. The zero-order valence-corrected chi connectivity index (χ0v) is 5.74. The SMILES string of the molecule is O=C1CCC(C(F)(F)F)CN1. The number of carbonyl (C=O) groups is 1. The Balaban J connectivity index is 2.45. The molecule has 0 radical (unpaired) electrons. The van der Waals surface area contributed by atoms with Crippen molar-refractivity contribution in [2.24, 2.45) is 5.92 Å². The van der Waals surface area contributed by atoms with Crippen LogP contribution in [0.5, 0.6) is 0 Å². The van der Waals surface area contributed by atoms with Gasteiger partial charge in [0, 0.05) is 13.0 Å². The van der Waals surface area contributed by atoms with Gasteiger partial charge in [0.05, 0.1) is 5.92 Å². The van der Waals surface area contributed by atoms with Crippen LogP contribution >= 0.6 is 0 Å². The fourth-order valence-electron chi connectivity index (χ4n) is 1.01. The summed E-state index contributed by atoms with van der Waals surface area (Å²) < 4.78 is 35.8. The average Bonchev–Trinajstić information content (AvgIpc) is 1.86. The summed E-state index contributed by atoms with van der Waals surface area (Å²) in [6.07, 6.45) is -4.24. The molecule has 1 amide bonds. The highest BCUT2D eigenvalue weighted by molar-refractivity contribution is 5.76. The van der Waals surface area contributed by atoms with Crippen molar-refractivity contribution < 1.29 is 18.0 Å². The van der Waals surface area contributed by atoms with Crippen molar-refractivity contribution >= 4 is 5.91 Å². The Morgan fingerprint density at radius 3 is 2.45 bits per heavy atom. The van der Waals surface area contributed by atoms with Crippen LogP contribution in [-0.2, 0) is 4.79 Å². The Labute approximate surface area is 61.8 Å². The quantitative estimate of drug-likeness (QED) is 0.574. The molecule has 1 N–H and O–H groups in total. The summed E-state index contributed by atoms with van der Waals surface area (Å²) in [7, 11) is 0. The van der Waals surface area contributed by atoms with Crippen molar-refractivity contribution in [3.05, 3.63) is 0 Å². The van der Waals surface area contributed by atoms with Crippen LogP contribution in [0.1, 0.15) is 12.8 Å². The van der Waals surface area contributed by atoms with Crippen LogP contribution in [0, 0.1) is 5.92 Å². The molecule has 1 unspecified atom stereocenters. The molecule has 1 fully saturated rings. The van der Waals surface area contributed by atoms with Gasteiger partial charge in [0.2, 0.25) is 5.91 Å². The molecule has 1 aliphatic rings. The van der Waals surface area contributed by atoms with Gasteiger partial charge < -0.3 is 5.32 Å². The van der Waals surface area contributed by atoms with E-state index in [2.05, 4.69) is 5.32 Å². The first-order valence-electron chi connectivity index (χ1n) is 3.33. The topological polar surface area (TPSA) is 29.1 Å². The number of nitrogens with one attached hydrogen (secondary N) is 1. The van der Waals surface area contributed by atoms with Gasteiger partial charge in [-0.3, -0.25) is 4.79 Å². The fraction of sp³-hybridized carbons (Fsp3) is 0.833. The van der Waals surface area contributed by atoms with E-state index < -0.39 is 12.1 Å². The minimum atomic E-state index is -4.16. The fourth-order valence-corrected chi connectivity index (χ4v) is 1.01. The molecule has 0 aromatic heterocycles. The first-order chi connectivity index (χ1) is 5.00. The van der Waals surface area contributed by atoms with E-state index in [1.165, 1.54) is 0 Å². The zero-order chi connectivity index (χ0) is 8.48. The van der Waals surface area contributed by atoms with Crippen LogP contribution in [0.15, 0.2) is 0 Å². The lowest BCUT2D eigenvalue weighted by atomic mass is 9.99. The third-order valence-corrected chi connectivity index (χ3v) is 1.73. The molecule has 0 aromatic rings. The standard InChI is InChI=1S/C6H8F3NO/c7-6(8,9)4-1-2-5(11)10-3-4/h4H,1-3H2,(H,10,11). The van der Waals surface area contributed by atoms with Crippen LogP contribution in [0.25, 0.3) is 0 Å². The third-order valence-electron chi connectivity index (χ3n) is 1.73. The van der Waals surface area contributed by atoms with Gasteiger partial charge in [-0.05, 0) is 6.42 Å². The molecular formula is C6H8F3NO. The van der Waals surface area contributed by atoms with Crippen molar-refractivity contribution in [3.63, 3.8) is 0 Å². The molecular weight excluding hydrogens is 159 g/mol. The number of carbonyl (C=O) groups excluding carboxylic acids is 1. The largest absolute Gasteiger partial charge is 0.393 e. The number of amides is 1. The van der Waals surface area contributed by atoms with Gasteiger partial charge in [-0.1, -0.05) is 0 Å². The Morgan fingerprint density at radius 2 is 2.09 bits per heavy atom. The highest BCUT2D eigenvalue weighted by atomic mass is 19.4. The second kappa shape index (κ2) is 2.71. The van der Waals surface area contributed by atoms with Crippen LogP contribution in [0.3, 0.4) is 0 Å². The Morgan fingerprint density at radius 1 is 1.45 bits per heavy atom. The van der Waals surface area contributed by atoms with Gasteiger partial charge in [0.25, 0.3) is 0 Å². The number of hydrogen-bond donors (Lipinski definition) is 1. The van der Waals surface area contributed by atoms with Gasteiger partial charge in [-0.2, -0.15) is 13.2 Å². The van der Waals surface area contributed by atoms with E-state index in [9.17, 15) is 18.0 Å². The predicted molar refractivity (Wildman–Crippen MR) is 31.8 cm³/mol. The molecule has 11 heavy (non-hydrogen) atoms. The smallest absolute Gasteiger partial charge is 0.355 e. The second-order valence-electron chi connectivity index (χ2n) is 2.58. The van der Waals surface area contributed by atoms with Gasteiger partial charge in [-0.15, -0.1) is 0 Å². The maximum absolute atomic E-state index is 11.9.